The minimum absolute atomic E-state index is 0.659. The molecule has 0 radical (unpaired) electrons. The van der Waals surface area contributed by atoms with Crippen molar-refractivity contribution in [3.63, 3.8) is 0 Å². The first-order valence-corrected chi connectivity index (χ1v) is 5.67. The quantitative estimate of drug-likeness (QED) is 0.430. The van der Waals surface area contributed by atoms with Crippen LogP contribution in [0.15, 0.2) is 12.7 Å². The predicted octanol–water partition coefficient (Wildman–Crippen LogP) is 3.50. The normalized spacial score (nSPS) is 12.8. The van der Waals surface area contributed by atoms with Gasteiger partial charge in [0.25, 0.3) is 0 Å². The summed E-state index contributed by atoms with van der Waals surface area (Å²) in [6, 6.07) is 0. The molecule has 0 saturated carbocycles. The Balaban J connectivity index is 3.22. The Morgan fingerprint density at radius 3 is 2.38 bits per heavy atom. The van der Waals surface area contributed by atoms with Crippen LogP contribution in [0.5, 0.6) is 0 Å². The van der Waals surface area contributed by atoms with Gasteiger partial charge in [0, 0.05) is 0 Å². The Morgan fingerprint density at radius 1 is 1.15 bits per heavy atom. The first kappa shape index (κ1) is 12.7. The zero-order chi connectivity index (χ0) is 9.94. The molecule has 0 spiro atoms. The Hall–Kier alpha value is -0.300. The molecule has 1 nitrogen and oxygen atoms in total. The Kier molecular flexibility index (Phi) is 9.56. The highest BCUT2D eigenvalue weighted by molar-refractivity contribution is 4.78. The van der Waals surface area contributed by atoms with Crippen LogP contribution >= 0.6 is 0 Å². The number of nitrogens with two attached hydrogens (primary N) is 1. The maximum absolute atomic E-state index is 5.51. The molecule has 1 atom stereocenters. The van der Waals surface area contributed by atoms with Crippen LogP contribution in [0.3, 0.4) is 0 Å². The molecule has 0 aliphatic heterocycles. The molecule has 0 aromatic carbocycles. The van der Waals surface area contributed by atoms with Gasteiger partial charge in [0.2, 0.25) is 0 Å². The Labute approximate surface area is 83.4 Å². The second-order valence-electron chi connectivity index (χ2n) is 3.78. The largest absolute Gasteiger partial charge is 0.330 e. The topological polar surface area (TPSA) is 26.0 Å². The second-order valence-corrected chi connectivity index (χ2v) is 3.78. The predicted molar refractivity (Wildman–Crippen MR) is 60.7 cm³/mol. The maximum Gasteiger partial charge on any atom is -0.00717 e. The fraction of sp³-hybridized carbons (Fsp3) is 0.833. The summed E-state index contributed by atoms with van der Waals surface area (Å²) in [6.45, 7) is 6.89. The summed E-state index contributed by atoms with van der Waals surface area (Å²) < 4.78 is 0. The van der Waals surface area contributed by atoms with Crippen LogP contribution < -0.4 is 5.73 Å². The van der Waals surface area contributed by atoms with Crippen molar-refractivity contribution in [2.45, 2.75) is 51.9 Å². The maximum atomic E-state index is 5.51. The van der Waals surface area contributed by atoms with E-state index in [9.17, 15) is 0 Å². The van der Waals surface area contributed by atoms with Crippen LogP contribution in [0, 0.1) is 5.92 Å². The van der Waals surface area contributed by atoms with Gasteiger partial charge in [-0.25, -0.2) is 0 Å². The summed E-state index contributed by atoms with van der Waals surface area (Å²) in [4.78, 5) is 0. The van der Waals surface area contributed by atoms with Gasteiger partial charge in [-0.3, -0.25) is 0 Å². The average molecular weight is 183 g/mol. The monoisotopic (exact) mass is 183 g/mol. The van der Waals surface area contributed by atoms with Crippen LogP contribution in [-0.4, -0.2) is 6.54 Å². The molecule has 2 N–H and O–H groups in total. The molecule has 0 saturated heterocycles. The molecule has 0 fully saturated rings. The molecule has 0 bridgehead atoms. The van der Waals surface area contributed by atoms with Gasteiger partial charge in [-0.1, -0.05) is 45.1 Å². The lowest BCUT2D eigenvalue weighted by Crippen LogP contribution is -2.06. The van der Waals surface area contributed by atoms with Gasteiger partial charge in [-0.2, -0.15) is 0 Å². The first-order chi connectivity index (χ1) is 6.35. The fourth-order valence-corrected chi connectivity index (χ4v) is 1.60. The highest BCUT2D eigenvalue weighted by atomic mass is 14.5. The van der Waals surface area contributed by atoms with E-state index in [1.165, 1.54) is 38.5 Å². The molecule has 0 aliphatic rings. The summed E-state index contributed by atoms with van der Waals surface area (Å²) in [5.74, 6) is 0.659. The highest BCUT2D eigenvalue weighted by Crippen LogP contribution is 2.14. The number of unbranched alkanes of at least 4 members (excludes halogenated alkanes) is 4. The van der Waals surface area contributed by atoms with Gasteiger partial charge in [0.15, 0.2) is 0 Å². The van der Waals surface area contributed by atoms with Crippen LogP contribution in [0.1, 0.15) is 51.9 Å². The smallest absolute Gasteiger partial charge is 0.00717 e. The fourth-order valence-electron chi connectivity index (χ4n) is 1.60. The number of rotatable bonds is 9. The lowest BCUT2D eigenvalue weighted by atomic mass is 9.97. The SMILES string of the molecule is C=CC(CCN)CCCCCCC. The number of hydrogen-bond acceptors (Lipinski definition) is 1. The zero-order valence-electron chi connectivity index (χ0n) is 9.10. The van der Waals surface area contributed by atoms with E-state index in [1.54, 1.807) is 0 Å². The molecule has 1 unspecified atom stereocenters. The van der Waals surface area contributed by atoms with Crippen LogP contribution in [0.2, 0.25) is 0 Å². The van der Waals surface area contributed by atoms with E-state index in [-0.39, 0.29) is 0 Å². The van der Waals surface area contributed by atoms with Crippen molar-refractivity contribution in [1.82, 2.24) is 0 Å². The van der Waals surface area contributed by atoms with Crippen LogP contribution in [0.25, 0.3) is 0 Å². The highest BCUT2D eigenvalue weighted by Gasteiger charge is 2.01. The van der Waals surface area contributed by atoms with Gasteiger partial charge in [0.05, 0.1) is 0 Å². The molecule has 1 heteroatoms. The molecular weight excluding hydrogens is 158 g/mol. The van der Waals surface area contributed by atoms with E-state index in [0.717, 1.165) is 13.0 Å². The molecule has 13 heavy (non-hydrogen) atoms. The van der Waals surface area contributed by atoms with Crippen molar-refractivity contribution in [3.8, 4) is 0 Å². The van der Waals surface area contributed by atoms with Crippen molar-refractivity contribution >= 4 is 0 Å². The Bertz CT molecular complexity index is 110. The number of allylic oxidation sites excluding steroid dienone is 1. The molecule has 78 valence electrons. The molecule has 0 aromatic rings. The van der Waals surface area contributed by atoms with Crippen molar-refractivity contribution in [3.05, 3.63) is 12.7 Å². The lowest BCUT2D eigenvalue weighted by molar-refractivity contribution is 0.502. The molecule has 0 heterocycles. The minimum atomic E-state index is 0.659. The van der Waals surface area contributed by atoms with E-state index < -0.39 is 0 Å². The van der Waals surface area contributed by atoms with Gasteiger partial charge in [-0.05, 0) is 25.3 Å². The van der Waals surface area contributed by atoms with Crippen LogP contribution in [0.4, 0.5) is 0 Å². The average Bonchev–Trinajstić information content (AvgIpc) is 2.16. The third-order valence-corrected chi connectivity index (χ3v) is 2.55. The van der Waals surface area contributed by atoms with Crippen molar-refractivity contribution in [2.24, 2.45) is 11.7 Å². The summed E-state index contributed by atoms with van der Waals surface area (Å²) in [7, 11) is 0. The molecule has 0 aliphatic carbocycles. The van der Waals surface area contributed by atoms with E-state index >= 15 is 0 Å². The van der Waals surface area contributed by atoms with Gasteiger partial charge in [-0.15, -0.1) is 6.58 Å². The van der Waals surface area contributed by atoms with Crippen molar-refractivity contribution < 1.29 is 0 Å². The first-order valence-electron chi connectivity index (χ1n) is 5.67. The zero-order valence-corrected chi connectivity index (χ0v) is 9.10. The summed E-state index contributed by atoms with van der Waals surface area (Å²) in [5, 5.41) is 0. The summed E-state index contributed by atoms with van der Waals surface area (Å²) in [5.41, 5.74) is 5.51. The van der Waals surface area contributed by atoms with E-state index in [4.69, 9.17) is 5.73 Å². The van der Waals surface area contributed by atoms with Gasteiger partial charge < -0.3 is 5.73 Å². The molecule has 0 rings (SSSR count). The van der Waals surface area contributed by atoms with E-state index in [1.807, 2.05) is 0 Å². The van der Waals surface area contributed by atoms with Crippen molar-refractivity contribution in [2.75, 3.05) is 6.54 Å². The minimum Gasteiger partial charge on any atom is -0.330 e. The molecular formula is C12H25N. The second kappa shape index (κ2) is 9.79. The number of hydrogen-bond donors (Lipinski definition) is 1. The van der Waals surface area contributed by atoms with E-state index in [0.29, 0.717) is 5.92 Å². The third-order valence-electron chi connectivity index (χ3n) is 2.55. The van der Waals surface area contributed by atoms with Crippen LogP contribution in [-0.2, 0) is 0 Å². The standard InChI is InChI=1S/C12H25N/c1-3-5-6-7-8-9-12(4-2)10-11-13/h4,12H,2-3,5-11,13H2,1H3. The van der Waals surface area contributed by atoms with Gasteiger partial charge in [0.1, 0.15) is 0 Å². The lowest BCUT2D eigenvalue weighted by Gasteiger charge is -2.10. The van der Waals surface area contributed by atoms with Crippen molar-refractivity contribution in [1.29, 1.82) is 0 Å². The van der Waals surface area contributed by atoms with Gasteiger partial charge >= 0.3 is 0 Å². The van der Waals surface area contributed by atoms with E-state index in [2.05, 4.69) is 19.6 Å². The summed E-state index contributed by atoms with van der Waals surface area (Å²) in [6.07, 6.45) is 11.3. The molecule has 0 aromatic heterocycles. The Morgan fingerprint density at radius 2 is 1.85 bits per heavy atom. The molecule has 0 amide bonds. The third kappa shape index (κ3) is 8.04. The summed E-state index contributed by atoms with van der Waals surface area (Å²) >= 11 is 0.